The lowest BCUT2D eigenvalue weighted by atomic mass is 9.82. The van der Waals surface area contributed by atoms with E-state index in [1.165, 1.54) is 44.3 Å². The molecule has 0 atom stereocenters. The van der Waals surface area contributed by atoms with Crippen molar-refractivity contribution in [3.8, 4) is 0 Å². The molecule has 1 aliphatic heterocycles. The number of hydrogen-bond acceptors (Lipinski definition) is 1. The van der Waals surface area contributed by atoms with Crippen molar-refractivity contribution in [2.24, 2.45) is 5.41 Å². The zero-order chi connectivity index (χ0) is 10.4. The summed E-state index contributed by atoms with van der Waals surface area (Å²) < 4.78 is 0. The zero-order valence-corrected chi connectivity index (χ0v) is 9.90. The minimum absolute atomic E-state index is 0.267. The third-order valence-electron chi connectivity index (χ3n) is 4.12. The highest BCUT2D eigenvalue weighted by atomic mass is 15.2. The molecule has 0 aromatic rings. The summed E-state index contributed by atoms with van der Waals surface area (Å²) in [6.45, 7) is 12.5. The highest BCUT2D eigenvalue weighted by Gasteiger charge is 2.45. The summed E-state index contributed by atoms with van der Waals surface area (Å²) in [5, 5.41) is 0. The van der Waals surface area contributed by atoms with Crippen molar-refractivity contribution in [3.05, 3.63) is 12.3 Å². The van der Waals surface area contributed by atoms with Crippen molar-refractivity contribution in [2.75, 3.05) is 6.54 Å². The van der Waals surface area contributed by atoms with Gasteiger partial charge in [-0.15, -0.1) is 0 Å². The number of rotatable bonds is 0. The third-order valence-corrected chi connectivity index (χ3v) is 4.12. The van der Waals surface area contributed by atoms with E-state index in [-0.39, 0.29) is 5.54 Å². The maximum atomic E-state index is 4.36. The van der Waals surface area contributed by atoms with E-state index in [0.717, 1.165) is 0 Å². The lowest BCUT2D eigenvalue weighted by molar-refractivity contribution is 0.203. The van der Waals surface area contributed by atoms with E-state index in [2.05, 4.69) is 32.3 Å². The lowest BCUT2D eigenvalue weighted by Crippen LogP contribution is -2.38. The fourth-order valence-corrected chi connectivity index (χ4v) is 3.22. The van der Waals surface area contributed by atoms with E-state index in [4.69, 9.17) is 0 Å². The van der Waals surface area contributed by atoms with Crippen molar-refractivity contribution in [2.45, 2.75) is 58.4 Å². The van der Waals surface area contributed by atoms with Crippen LogP contribution in [0.15, 0.2) is 12.3 Å². The van der Waals surface area contributed by atoms with Crippen LogP contribution in [0.25, 0.3) is 0 Å². The van der Waals surface area contributed by atoms with Gasteiger partial charge in [-0.1, -0.05) is 19.4 Å². The Morgan fingerprint density at radius 1 is 1.14 bits per heavy atom. The zero-order valence-electron chi connectivity index (χ0n) is 9.90. The first kappa shape index (κ1) is 10.1. The third kappa shape index (κ3) is 1.37. The fraction of sp³-hybridized carbons (Fsp3) is 0.846. The van der Waals surface area contributed by atoms with Gasteiger partial charge in [-0.3, -0.25) is 0 Å². The van der Waals surface area contributed by atoms with Gasteiger partial charge >= 0.3 is 0 Å². The minimum Gasteiger partial charge on any atom is -0.370 e. The predicted octanol–water partition coefficient (Wildman–Crippen LogP) is 3.56. The summed E-state index contributed by atoms with van der Waals surface area (Å²) in [6.07, 6.45) is 6.95. The van der Waals surface area contributed by atoms with Crippen LogP contribution < -0.4 is 0 Å². The van der Waals surface area contributed by atoms with Crippen molar-refractivity contribution in [1.82, 2.24) is 4.90 Å². The maximum absolute atomic E-state index is 4.36. The van der Waals surface area contributed by atoms with Gasteiger partial charge in [0.1, 0.15) is 0 Å². The van der Waals surface area contributed by atoms with Gasteiger partial charge in [0, 0.05) is 23.2 Å². The molecule has 0 amide bonds. The van der Waals surface area contributed by atoms with Crippen LogP contribution in [-0.2, 0) is 0 Å². The molecule has 80 valence electrons. The van der Waals surface area contributed by atoms with Gasteiger partial charge in [-0.25, -0.2) is 0 Å². The Balaban J connectivity index is 2.18. The highest BCUT2D eigenvalue weighted by molar-refractivity contribution is 5.19. The van der Waals surface area contributed by atoms with Crippen LogP contribution in [0.2, 0.25) is 0 Å². The second kappa shape index (κ2) is 3.01. The molecule has 0 aromatic heterocycles. The summed E-state index contributed by atoms with van der Waals surface area (Å²) in [4.78, 5) is 2.53. The Morgan fingerprint density at radius 2 is 1.71 bits per heavy atom. The summed E-state index contributed by atoms with van der Waals surface area (Å²) in [5.74, 6) is 0. The summed E-state index contributed by atoms with van der Waals surface area (Å²) >= 11 is 0. The van der Waals surface area contributed by atoms with Crippen molar-refractivity contribution in [1.29, 1.82) is 0 Å². The van der Waals surface area contributed by atoms with Gasteiger partial charge in [-0.2, -0.15) is 0 Å². The molecule has 1 aliphatic carbocycles. The number of likely N-dealkylation sites (tertiary alicyclic amines) is 1. The second-order valence-electron chi connectivity index (χ2n) is 6.01. The number of hydrogen-bond donors (Lipinski definition) is 0. The predicted molar refractivity (Wildman–Crippen MR) is 61.1 cm³/mol. The fourth-order valence-electron chi connectivity index (χ4n) is 3.22. The average Bonchev–Trinajstić information content (AvgIpc) is 2.62. The number of allylic oxidation sites excluding steroid dienone is 1. The highest BCUT2D eigenvalue weighted by Crippen LogP contribution is 2.52. The standard InChI is InChI=1S/C13H23N/c1-11-13(7-5-6-8-13)9-10-14(11)12(2,3)4/h1,5-10H2,2-4H3. The Morgan fingerprint density at radius 3 is 2.14 bits per heavy atom. The Labute approximate surface area is 88.2 Å². The molecule has 2 aliphatic rings. The summed E-state index contributed by atoms with van der Waals surface area (Å²) in [7, 11) is 0. The van der Waals surface area contributed by atoms with Crippen LogP contribution in [0.1, 0.15) is 52.9 Å². The first-order chi connectivity index (χ1) is 6.46. The Hall–Kier alpha value is -0.460. The van der Waals surface area contributed by atoms with Gasteiger partial charge in [-0.05, 0) is 40.0 Å². The van der Waals surface area contributed by atoms with Gasteiger partial charge in [0.25, 0.3) is 0 Å². The molecule has 0 bridgehead atoms. The normalized spacial score (nSPS) is 26.5. The molecule has 1 nitrogen and oxygen atoms in total. The van der Waals surface area contributed by atoms with E-state index in [1.807, 2.05) is 0 Å². The van der Waals surface area contributed by atoms with Crippen LogP contribution in [0.5, 0.6) is 0 Å². The lowest BCUT2D eigenvalue weighted by Gasteiger charge is -2.37. The van der Waals surface area contributed by atoms with Gasteiger partial charge < -0.3 is 4.90 Å². The quantitative estimate of drug-likeness (QED) is 0.568. The Kier molecular flexibility index (Phi) is 2.17. The molecular formula is C13H23N. The molecule has 1 heteroatoms. The molecule has 1 saturated carbocycles. The largest absolute Gasteiger partial charge is 0.370 e. The van der Waals surface area contributed by atoms with Crippen LogP contribution >= 0.6 is 0 Å². The summed E-state index contributed by atoms with van der Waals surface area (Å²) in [5.41, 5.74) is 2.21. The average molecular weight is 193 g/mol. The van der Waals surface area contributed by atoms with Crippen LogP contribution in [-0.4, -0.2) is 17.0 Å². The van der Waals surface area contributed by atoms with Gasteiger partial charge in [0.2, 0.25) is 0 Å². The smallest absolute Gasteiger partial charge is 0.0315 e. The van der Waals surface area contributed by atoms with E-state index in [0.29, 0.717) is 5.41 Å². The monoisotopic (exact) mass is 193 g/mol. The first-order valence-electron chi connectivity index (χ1n) is 5.93. The molecule has 0 unspecified atom stereocenters. The van der Waals surface area contributed by atoms with E-state index >= 15 is 0 Å². The molecule has 14 heavy (non-hydrogen) atoms. The van der Waals surface area contributed by atoms with Crippen LogP contribution in [0, 0.1) is 5.41 Å². The Bertz CT molecular complexity index is 240. The topological polar surface area (TPSA) is 3.24 Å². The maximum Gasteiger partial charge on any atom is 0.0315 e. The van der Waals surface area contributed by atoms with Gasteiger partial charge in [0.15, 0.2) is 0 Å². The SMILES string of the molecule is C=C1N(C(C)(C)C)CCC12CCCC2. The molecule has 0 radical (unpaired) electrons. The molecular weight excluding hydrogens is 170 g/mol. The van der Waals surface area contributed by atoms with Crippen molar-refractivity contribution in [3.63, 3.8) is 0 Å². The molecule has 0 aromatic carbocycles. The van der Waals surface area contributed by atoms with Crippen LogP contribution in [0.3, 0.4) is 0 Å². The summed E-state index contributed by atoms with van der Waals surface area (Å²) in [6, 6.07) is 0. The molecule has 2 fully saturated rings. The van der Waals surface area contributed by atoms with E-state index in [1.54, 1.807) is 0 Å². The molecule has 0 N–H and O–H groups in total. The molecule has 1 saturated heterocycles. The van der Waals surface area contributed by atoms with Crippen molar-refractivity contribution < 1.29 is 0 Å². The van der Waals surface area contributed by atoms with E-state index in [9.17, 15) is 0 Å². The van der Waals surface area contributed by atoms with Gasteiger partial charge in [0.05, 0.1) is 0 Å². The first-order valence-corrected chi connectivity index (χ1v) is 5.93. The molecule has 1 heterocycles. The molecule has 2 rings (SSSR count). The van der Waals surface area contributed by atoms with Crippen LogP contribution in [0.4, 0.5) is 0 Å². The van der Waals surface area contributed by atoms with Crippen molar-refractivity contribution >= 4 is 0 Å². The molecule has 1 spiro atoms. The minimum atomic E-state index is 0.267. The van der Waals surface area contributed by atoms with E-state index < -0.39 is 0 Å². The number of nitrogens with zero attached hydrogens (tertiary/aromatic N) is 1. The second-order valence-corrected chi connectivity index (χ2v) is 6.01.